The fourth-order valence-corrected chi connectivity index (χ4v) is 9.55. The second-order valence-corrected chi connectivity index (χ2v) is 17.0. The minimum atomic E-state index is -0.507. The van der Waals surface area contributed by atoms with E-state index < -0.39 is 16.8 Å². The van der Waals surface area contributed by atoms with Gasteiger partial charge in [-0.15, -0.1) is 0 Å². The van der Waals surface area contributed by atoms with Gasteiger partial charge in [0.2, 0.25) is 0 Å². The number of rotatable bonds is 8. The molecule has 1 aliphatic carbocycles. The number of pyridine rings is 1. The molecule has 13 heteroatoms. The van der Waals surface area contributed by atoms with Gasteiger partial charge in [0.1, 0.15) is 50.7 Å². The Bertz CT molecular complexity index is 2700. The number of aromatic nitrogens is 2. The third-order valence-corrected chi connectivity index (χ3v) is 12.3. The number of carbonyl (C=O) groups is 1. The van der Waals surface area contributed by atoms with Crippen molar-refractivity contribution >= 4 is 49.8 Å². The molecule has 0 bridgehead atoms. The molecule has 3 aromatic heterocycles. The topological polar surface area (TPSA) is 124 Å². The van der Waals surface area contributed by atoms with E-state index in [4.69, 9.17) is 32.8 Å². The normalized spacial score (nSPS) is 20.0. The summed E-state index contributed by atoms with van der Waals surface area (Å²) in [5.74, 6) is 2.02. The number of halogens is 1. The van der Waals surface area contributed by atoms with Gasteiger partial charge in [-0.2, -0.15) is 0 Å². The SMILES string of the molecule is COC12CC(COC(=O)c3cncc(Br)c3)CN(C)C1Cc1cn(C)c3cccc2c13.COc1ccc(-c2c(OC)c3c(OC)c4c(cc3oc2=O)OC(C)(C)C=C4)cc1. The lowest BCUT2D eigenvalue weighted by Crippen LogP contribution is -2.59. The van der Waals surface area contributed by atoms with Crippen molar-refractivity contribution in [1.29, 1.82) is 0 Å². The van der Waals surface area contributed by atoms with E-state index in [2.05, 4.69) is 68.9 Å². The first kappa shape index (κ1) is 41.1. The Labute approximate surface area is 356 Å². The molecule has 2 aliphatic heterocycles. The van der Waals surface area contributed by atoms with Crippen molar-refractivity contribution in [2.75, 3.05) is 48.6 Å². The largest absolute Gasteiger partial charge is 0.497 e. The molecule has 0 spiro atoms. The van der Waals surface area contributed by atoms with Crippen LogP contribution < -0.4 is 24.6 Å². The maximum Gasteiger partial charge on any atom is 0.347 e. The van der Waals surface area contributed by atoms with Crippen molar-refractivity contribution in [2.24, 2.45) is 13.0 Å². The first-order valence-corrected chi connectivity index (χ1v) is 20.5. The molecule has 1 fully saturated rings. The Balaban J connectivity index is 0.000000167. The van der Waals surface area contributed by atoms with Crippen LogP contribution in [0.1, 0.15) is 47.3 Å². The van der Waals surface area contributed by atoms with Crippen LogP contribution in [-0.4, -0.2) is 80.7 Å². The van der Waals surface area contributed by atoms with Gasteiger partial charge in [0, 0.05) is 72.7 Å². The van der Waals surface area contributed by atoms with Crippen LogP contribution in [0.4, 0.5) is 0 Å². The maximum absolute atomic E-state index is 12.9. The van der Waals surface area contributed by atoms with Gasteiger partial charge in [-0.3, -0.25) is 9.88 Å². The maximum atomic E-state index is 12.9. The van der Waals surface area contributed by atoms with Gasteiger partial charge in [-0.25, -0.2) is 9.59 Å². The van der Waals surface area contributed by atoms with Crippen LogP contribution in [0.2, 0.25) is 0 Å². The van der Waals surface area contributed by atoms with E-state index in [0.29, 0.717) is 57.3 Å². The molecule has 12 nitrogen and oxygen atoms in total. The van der Waals surface area contributed by atoms with Gasteiger partial charge in [0.25, 0.3) is 0 Å². The molecule has 3 aliphatic rings. The Morgan fingerprint density at radius 1 is 0.967 bits per heavy atom. The molecule has 0 amide bonds. The van der Waals surface area contributed by atoms with Gasteiger partial charge >= 0.3 is 11.6 Å². The number of hydrogen-bond acceptors (Lipinski definition) is 11. The Morgan fingerprint density at radius 3 is 2.43 bits per heavy atom. The minimum Gasteiger partial charge on any atom is -0.497 e. The predicted octanol–water partition coefficient (Wildman–Crippen LogP) is 8.58. The quantitative estimate of drug-likeness (QED) is 0.108. The third-order valence-electron chi connectivity index (χ3n) is 11.8. The molecule has 0 N–H and O–H groups in total. The first-order valence-electron chi connectivity index (χ1n) is 19.7. The summed E-state index contributed by atoms with van der Waals surface area (Å²) in [7, 11) is 10.8. The Morgan fingerprint density at radius 2 is 1.73 bits per heavy atom. The highest BCUT2D eigenvalue weighted by molar-refractivity contribution is 9.10. The van der Waals surface area contributed by atoms with Gasteiger partial charge in [0.05, 0.1) is 39.1 Å². The second kappa shape index (κ2) is 16.1. The molecule has 0 saturated carbocycles. The highest BCUT2D eigenvalue weighted by Gasteiger charge is 2.52. The van der Waals surface area contributed by atoms with E-state index in [9.17, 15) is 9.59 Å². The number of likely N-dealkylation sites (tertiary alicyclic amines) is 1. The molecular weight excluding hydrogens is 830 g/mol. The van der Waals surface area contributed by atoms with Crippen LogP contribution >= 0.6 is 15.9 Å². The number of methoxy groups -OCH3 is 4. The number of esters is 1. The molecule has 3 atom stereocenters. The molecule has 1 saturated heterocycles. The van der Waals surface area contributed by atoms with Crippen LogP contribution in [0.3, 0.4) is 0 Å². The van der Waals surface area contributed by atoms with Crippen LogP contribution in [0.15, 0.2) is 92.9 Å². The molecule has 3 aromatic carbocycles. The number of benzene rings is 3. The minimum absolute atomic E-state index is 0.172. The smallest absolute Gasteiger partial charge is 0.347 e. The van der Waals surface area contributed by atoms with Crippen LogP contribution in [-0.2, 0) is 28.5 Å². The number of hydrogen-bond donors (Lipinski definition) is 0. The van der Waals surface area contributed by atoms with Crippen molar-refractivity contribution < 1.29 is 37.6 Å². The zero-order chi connectivity index (χ0) is 42.5. The molecule has 5 heterocycles. The average molecular weight is 879 g/mol. The van der Waals surface area contributed by atoms with Gasteiger partial charge < -0.3 is 37.4 Å². The van der Waals surface area contributed by atoms with Crippen molar-refractivity contribution in [2.45, 2.75) is 43.9 Å². The zero-order valence-corrected chi connectivity index (χ0v) is 36.5. The van der Waals surface area contributed by atoms with Gasteiger partial charge in [0.15, 0.2) is 0 Å². The molecule has 6 aromatic rings. The van der Waals surface area contributed by atoms with Gasteiger partial charge in [-0.05, 0) is 103 Å². The Kier molecular flexibility index (Phi) is 11.0. The van der Waals surface area contributed by atoms with Crippen LogP contribution in [0.25, 0.3) is 39.1 Å². The monoisotopic (exact) mass is 877 g/mol. The van der Waals surface area contributed by atoms with E-state index in [1.54, 1.807) is 56.8 Å². The second-order valence-electron chi connectivity index (χ2n) is 16.0. The summed E-state index contributed by atoms with van der Waals surface area (Å²) >= 11 is 3.35. The molecule has 312 valence electrons. The standard InChI is InChI=1S/C24H26BrN3O3.C23H22O6/c1-27-13-17-8-21-24(30-3,19-5-4-6-20(27)22(17)19)9-15(12-28(21)2)14-31-23(29)16-7-18(25)11-26-10-16;1-23(2)11-10-15-16(29-23)12-17-19(20(15)26-4)21(27-5)18(22(24)28-17)13-6-8-14(25-3)9-7-13/h4-7,10-11,13,15,21H,8-9,12,14H2,1-3H3;6-12H,1-5H3. The zero-order valence-electron chi connectivity index (χ0n) is 35.0. The summed E-state index contributed by atoms with van der Waals surface area (Å²) in [6, 6.07) is 17.3. The number of ether oxygens (including phenoxy) is 6. The van der Waals surface area contributed by atoms with E-state index in [1.165, 1.54) is 35.3 Å². The van der Waals surface area contributed by atoms with E-state index in [0.717, 1.165) is 29.4 Å². The lowest BCUT2D eigenvalue weighted by atomic mass is 9.69. The molecular formula is C47H48BrN3O9. The van der Waals surface area contributed by atoms with E-state index in [1.807, 2.05) is 33.1 Å². The number of piperidine rings is 1. The van der Waals surface area contributed by atoms with Crippen molar-refractivity contribution in [3.05, 3.63) is 116 Å². The summed E-state index contributed by atoms with van der Waals surface area (Å²) in [6.45, 7) is 5.11. The lowest BCUT2D eigenvalue weighted by molar-refractivity contribution is -0.131. The number of fused-ring (bicyclic) bond motifs is 4. The highest BCUT2D eigenvalue weighted by Crippen LogP contribution is 2.50. The van der Waals surface area contributed by atoms with Crippen molar-refractivity contribution in [1.82, 2.24) is 14.5 Å². The summed E-state index contributed by atoms with van der Waals surface area (Å²) in [4.78, 5) is 31.9. The summed E-state index contributed by atoms with van der Waals surface area (Å²) < 4.78 is 43.3. The lowest BCUT2D eigenvalue weighted by Gasteiger charge is -2.53. The van der Waals surface area contributed by atoms with Crippen LogP contribution in [0, 0.1) is 5.92 Å². The third kappa shape index (κ3) is 7.22. The summed E-state index contributed by atoms with van der Waals surface area (Å²) in [5.41, 5.74) is 5.00. The number of aryl methyl sites for hydroxylation is 1. The highest BCUT2D eigenvalue weighted by atomic mass is 79.9. The number of likely N-dealkylation sites (N-methyl/N-ethyl adjacent to an activating group) is 1. The van der Waals surface area contributed by atoms with Crippen molar-refractivity contribution in [3.63, 3.8) is 0 Å². The average Bonchev–Trinajstić information content (AvgIpc) is 3.57. The fourth-order valence-electron chi connectivity index (χ4n) is 9.18. The molecule has 9 rings (SSSR count). The summed E-state index contributed by atoms with van der Waals surface area (Å²) in [6.07, 6.45) is 11.1. The number of nitrogens with zero attached hydrogens (tertiary/aromatic N) is 3. The van der Waals surface area contributed by atoms with Crippen molar-refractivity contribution in [3.8, 4) is 34.1 Å². The molecule has 0 radical (unpaired) electrons. The van der Waals surface area contributed by atoms with E-state index in [-0.39, 0.29) is 17.9 Å². The molecule has 3 unspecified atom stereocenters. The summed E-state index contributed by atoms with van der Waals surface area (Å²) in [5, 5.41) is 1.89. The molecule has 60 heavy (non-hydrogen) atoms. The first-order chi connectivity index (χ1) is 28.8. The van der Waals surface area contributed by atoms with E-state index >= 15 is 0 Å². The van der Waals surface area contributed by atoms with Crippen LogP contribution in [0.5, 0.6) is 23.0 Å². The fraction of sp³-hybridized carbons (Fsp3) is 0.340. The predicted molar refractivity (Wildman–Crippen MR) is 233 cm³/mol. The van der Waals surface area contributed by atoms with Gasteiger partial charge in [-0.1, -0.05) is 24.3 Å². The number of carbonyl (C=O) groups excluding carboxylic acids is 1. The Hall–Kier alpha value is -5.63.